The monoisotopic (exact) mass is 327 g/mol. The highest BCUT2D eigenvalue weighted by atomic mass is 32.2. The maximum atomic E-state index is 11.1. The van der Waals surface area contributed by atoms with Crippen LogP contribution in [-0.2, 0) is 20.6 Å². The SMILES string of the molecule is CC1(C)OB(c2ccc(OC(=O)NS(=O)[O-])nc2)OC1(C)C. The van der Waals surface area contributed by atoms with Crippen LogP contribution in [0.15, 0.2) is 18.3 Å². The minimum Gasteiger partial charge on any atom is -0.755 e. The lowest BCUT2D eigenvalue weighted by Gasteiger charge is -2.32. The van der Waals surface area contributed by atoms with E-state index in [1.807, 2.05) is 27.7 Å². The third-order valence-corrected chi connectivity index (χ3v) is 3.98. The third-order valence-electron chi connectivity index (χ3n) is 3.65. The van der Waals surface area contributed by atoms with Crippen molar-refractivity contribution in [3.8, 4) is 5.88 Å². The van der Waals surface area contributed by atoms with Gasteiger partial charge in [0.15, 0.2) is 0 Å². The van der Waals surface area contributed by atoms with E-state index >= 15 is 0 Å². The molecule has 1 fully saturated rings. The summed E-state index contributed by atoms with van der Waals surface area (Å²) in [5.41, 5.74) is -0.269. The number of carbonyl (C=O) groups is 1. The van der Waals surface area contributed by atoms with Crippen LogP contribution in [0.25, 0.3) is 0 Å². The number of hydrogen-bond acceptors (Lipinski definition) is 7. The van der Waals surface area contributed by atoms with Crippen molar-refractivity contribution in [3.63, 3.8) is 0 Å². The molecule has 0 saturated carbocycles. The van der Waals surface area contributed by atoms with Gasteiger partial charge in [0.05, 0.1) is 11.2 Å². The number of ether oxygens (including phenoxy) is 1. The zero-order valence-electron chi connectivity index (χ0n) is 12.6. The Morgan fingerprint density at radius 2 is 1.91 bits per heavy atom. The van der Waals surface area contributed by atoms with Gasteiger partial charge in [0.2, 0.25) is 5.88 Å². The Morgan fingerprint density at radius 1 is 1.32 bits per heavy atom. The fourth-order valence-electron chi connectivity index (χ4n) is 1.75. The fraction of sp³-hybridized carbons (Fsp3) is 0.500. The predicted octanol–water partition coefficient (Wildman–Crippen LogP) is 0.263. The highest BCUT2D eigenvalue weighted by Gasteiger charge is 2.51. The second-order valence-corrected chi connectivity index (χ2v) is 6.42. The smallest absolute Gasteiger partial charge is 0.496 e. The zero-order chi connectivity index (χ0) is 16.5. The largest absolute Gasteiger partial charge is 0.755 e. The summed E-state index contributed by atoms with van der Waals surface area (Å²) in [5, 5.41) is 0. The van der Waals surface area contributed by atoms with E-state index in [-0.39, 0.29) is 5.88 Å². The summed E-state index contributed by atoms with van der Waals surface area (Å²) in [7, 11) is -0.575. The summed E-state index contributed by atoms with van der Waals surface area (Å²) in [6, 6.07) is 3.06. The predicted molar refractivity (Wildman–Crippen MR) is 78.0 cm³/mol. The van der Waals surface area contributed by atoms with Crippen LogP contribution in [0.5, 0.6) is 5.88 Å². The van der Waals surface area contributed by atoms with E-state index in [4.69, 9.17) is 9.31 Å². The molecule has 1 amide bonds. The number of pyridine rings is 1. The van der Waals surface area contributed by atoms with Crippen LogP contribution in [0, 0.1) is 0 Å². The van der Waals surface area contributed by atoms with Gasteiger partial charge < -0.3 is 18.6 Å². The molecule has 1 saturated heterocycles. The van der Waals surface area contributed by atoms with Crippen LogP contribution in [0.3, 0.4) is 0 Å². The normalized spacial score (nSPS) is 20.5. The summed E-state index contributed by atoms with van der Waals surface area (Å²) in [4.78, 5) is 15.0. The number of rotatable bonds is 3. The molecule has 1 aromatic heterocycles. The zero-order valence-corrected chi connectivity index (χ0v) is 13.4. The summed E-state index contributed by atoms with van der Waals surface area (Å²) in [6.45, 7) is 7.74. The Bertz CT molecular complexity index is 576. The second-order valence-electron chi connectivity index (χ2n) is 5.74. The molecular formula is C12H16BN2O6S-. The number of aromatic nitrogens is 1. The molecule has 2 rings (SSSR count). The molecule has 22 heavy (non-hydrogen) atoms. The van der Waals surface area contributed by atoms with Gasteiger partial charge in [-0.1, -0.05) is 6.07 Å². The maximum Gasteiger partial charge on any atom is 0.496 e. The van der Waals surface area contributed by atoms with Crippen LogP contribution in [0.2, 0.25) is 0 Å². The minimum absolute atomic E-state index is 0.0387. The van der Waals surface area contributed by atoms with Gasteiger partial charge in [0.25, 0.3) is 0 Å². The van der Waals surface area contributed by atoms with E-state index in [1.54, 1.807) is 10.8 Å². The Kier molecular flexibility index (Phi) is 4.57. The van der Waals surface area contributed by atoms with Gasteiger partial charge in [-0.05, 0) is 27.7 Å². The van der Waals surface area contributed by atoms with E-state index in [1.165, 1.54) is 12.3 Å². The van der Waals surface area contributed by atoms with E-state index in [9.17, 15) is 13.6 Å². The van der Waals surface area contributed by atoms with Gasteiger partial charge in [-0.15, -0.1) is 0 Å². The van der Waals surface area contributed by atoms with Gasteiger partial charge >= 0.3 is 13.2 Å². The molecule has 8 nitrogen and oxygen atoms in total. The van der Waals surface area contributed by atoms with E-state index in [0.29, 0.717) is 5.46 Å². The number of hydrogen-bond donors (Lipinski definition) is 1. The van der Waals surface area contributed by atoms with Gasteiger partial charge in [-0.3, -0.25) is 8.93 Å². The van der Waals surface area contributed by atoms with Crippen LogP contribution >= 0.6 is 0 Å². The molecule has 1 aliphatic heterocycles. The summed E-state index contributed by atoms with van der Waals surface area (Å²) >= 11 is -2.74. The van der Waals surface area contributed by atoms with E-state index in [2.05, 4.69) is 9.72 Å². The van der Waals surface area contributed by atoms with Gasteiger partial charge in [0.1, 0.15) is 0 Å². The molecule has 120 valence electrons. The highest BCUT2D eigenvalue weighted by molar-refractivity contribution is 7.77. The number of nitrogens with zero attached hydrogens (tertiary/aromatic N) is 1. The van der Waals surface area contributed by atoms with Crippen molar-refractivity contribution < 1.29 is 27.6 Å². The first-order valence-corrected chi connectivity index (χ1v) is 7.57. The molecular weight excluding hydrogens is 311 g/mol. The molecule has 2 heterocycles. The quantitative estimate of drug-likeness (QED) is 0.626. The Hall–Kier alpha value is -1.49. The molecule has 1 aliphatic rings. The third kappa shape index (κ3) is 3.64. The van der Waals surface area contributed by atoms with Gasteiger partial charge in [-0.2, -0.15) is 0 Å². The van der Waals surface area contributed by atoms with Crippen LogP contribution in [0.1, 0.15) is 27.7 Å². The first-order valence-electron chi connectivity index (χ1n) is 6.50. The average Bonchev–Trinajstić information content (AvgIpc) is 2.58. The minimum atomic E-state index is -2.74. The van der Waals surface area contributed by atoms with Crippen LogP contribution in [0.4, 0.5) is 4.79 Å². The molecule has 1 unspecified atom stereocenters. The number of nitrogens with one attached hydrogen (secondary N) is 1. The lowest BCUT2D eigenvalue weighted by Crippen LogP contribution is -2.41. The average molecular weight is 327 g/mol. The molecule has 0 bridgehead atoms. The van der Waals surface area contributed by atoms with Crippen LogP contribution in [-0.4, -0.2) is 38.2 Å². The van der Waals surface area contributed by atoms with Gasteiger partial charge in [-0.25, -0.2) is 9.78 Å². The molecule has 0 aromatic carbocycles. The molecule has 1 atom stereocenters. The fourth-order valence-corrected chi connectivity index (χ4v) is 1.93. The first-order chi connectivity index (χ1) is 10.1. The molecule has 1 aromatic rings. The molecule has 0 aliphatic carbocycles. The number of amides is 1. The van der Waals surface area contributed by atoms with E-state index in [0.717, 1.165) is 0 Å². The summed E-state index contributed by atoms with van der Waals surface area (Å²) in [6.07, 6.45) is 0.308. The standard InChI is InChI=1S/C12H17BN2O6S/c1-11(2)12(3,4)21-13(20-11)8-5-6-9(14-7-8)19-10(16)15-22(17)18/h5-7H,1-4H3,(H,15,16)(H,17,18)/p-1. The highest BCUT2D eigenvalue weighted by Crippen LogP contribution is 2.36. The van der Waals surface area contributed by atoms with Crippen molar-refractivity contribution in [2.24, 2.45) is 0 Å². The topological polar surface area (TPSA) is 110 Å². The molecule has 1 N–H and O–H groups in total. The molecule has 10 heteroatoms. The van der Waals surface area contributed by atoms with Crippen molar-refractivity contribution in [1.82, 2.24) is 9.71 Å². The van der Waals surface area contributed by atoms with Crippen molar-refractivity contribution in [1.29, 1.82) is 0 Å². The Labute approximate surface area is 131 Å². The van der Waals surface area contributed by atoms with Crippen molar-refractivity contribution in [2.45, 2.75) is 38.9 Å². The lowest BCUT2D eigenvalue weighted by molar-refractivity contribution is 0.00578. The Morgan fingerprint density at radius 3 is 2.36 bits per heavy atom. The number of carbonyl (C=O) groups excluding carboxylic acids is 1. The van der Waals surface area contributed by atoms with Crippen molar-refractivity contribution >= 4 is 29.9 Å². The first kappa shape index (κ1) is 16.9. The second kappa shape index (κ2) is 5.96. The van der Waals surface area contributed by atoms with Crippen LogP contribution < -0.4 is 14.9 Å². The summed E-state index contributed by atoms with van der Waals surface area (Å²) in [5.74, 6) is -0.0387. The van der Waals surface area contributed by atoms with Crippen molar-refractivity contribution in [2.75, 3.05) is 0 Å². The van der Waals surface area contributed by atoms with E-state index < -0.39 is 35.7 Å². The molecule has 0 spiro atoms. The lowest BCUT2D eigenvalue weighted by atomic mass is 9.80. The maximum absolute atomic E-state index is 11.1. The molecule has 0 radical (unpaired) electrons. The summed E-state index contributed by atoms with van der Waals surface area (Å²) < 4.78 is 38.5. The Balaban J connectivity index is 2.04. The van der Waals surface area contributed by atoms with Crippen molar-refractivity contribution in [3.05, 3.63) is 18.3 Å². The van der Waals surface area contributed by atoms with Gasteiger partial charge in [0, 0.05) is 29.0 Å².